The molecular weight excluding hydrogens is 254 g/mol. The van der Waals surface area contributed by atoms with Crippen LogP contribution in [0.25, 0.3) is 0 Å². The molecule has 0 amide bonds. The highest BCUT2D eigenvalue weighted by Gasteiger charge is 2.23. The molecule has 3 heteroatoms. The summed E-state index contributed by atoms with van der Waals surface area (Å²) in [5.41, 5.74) is 2.78. The molecule has 2 aromatic rings. The molecule has 1 saturated heterocycles. The van der Waals surface area contributed by atoms with Crippen LogP contribution >= 0.6 is 11.3 Å². The summed E-state index contributed by atoms with van der Waals surface area (Å²) in [4.78, 5) is 15.0. The number of anilines is 1. The van der Waals surface area contributed by atoms with Crippen molar-refractivity contribution in [2.24, 2.45) is 0 Å². The highest BCUT2D eigenvalue weighted by Crippen LogP contribution is 2.35. The lowest BCUT2D eigenvalue weighted by atomic mass is 10.0. The summed E-state index contributed by atoms with van der Waals surface area (Å²) in [5, 5.41) is 3.26. The van der Waals surface area contributed by atoms with Crippen LogP contribution in [0.1, 0.15) is 34.3 Å². The Hall–Kier alpha value is -1.61. The molecule has 0 bridgehead atoms. The van der Waals surface area contributed by atoms with E-state index in [9.17, 15) is 4.79 Å². The number of nitrogens with zero attached hydrogens (tertiary/aromatic N) is 1. The van der Waals surface area contributed by atoms with Crippen LogP contribution in [-0.2, 0) is 0 Å². The molecule has 0 saturated carbocycles. The summed E-state index contributed by atoms with van der Waals surface area (Å²) < 4.78 is 0. The van der Waals surface area contributed by atoms with Gasteiger partial charge in [-0.2, -0.15) is 0 Å². The SMILES string of the molecule is Cc1csc(N2CCCC2)c1C(=O)c1ccccc1. The highest BCUT2D eigenvalue weighted by atomic mass is 32.1. The van der Waals surface area contributed by atoms with Crippen molar-refractivity contribution in [1.29, 1.82) is 0 Å². The maximum absolute atomic E-state index is 12.7. The van der Waals surface area contributed by atoms with Crippen LogP contribution in [-0.4, -0.2) is 18.9 Å². The van der Waals surface area contributed by atoms with E-state index in [1.165, 1.54) is 12.8 Å². The summed E-state index contributed by atoms with van der Waals surface area (Å²) in [7, 11) is 0. The Morgan fingerprint density at radius 1 is 1.16 bits per heavy atom. The molecule has 98 valence electrons. The molecule has 19 heavy (non-hydrogen) atoms. The first-order valence-electron chi connectivity index (χ1n) is 6.70. The van der Waals surface area contributed by atoms with Crippen LogP contribution in [0, 0.1) is 6.92 Å². The fourth-order valence-electron chi connectivity index (χ4n) is 2.59. The monoisotopic (exact) mass is 271 g/mol. The van der Waals surface area contributed by atoms with Gasteiger partial charge in [0.05, 0.1) is 5.56 Å². The van der Waals surface area contributed by atoms with E-state index in [4.69, 9.17) is 0 Å². The first-order valence-corrected chi connectivity index (χ1v) is 7.58. The van der Waals surface area contributed by atoms with Crippen LogP contribution in [0.2, 0.25) is 0 Å². The minimum Gasteiger partial charge on any atom is -0.363 e. The van der Waals surface area contributed by atoms with Gasteiger partial charge in [-0.25, -0.2) is 0 Å². The van der Waals surface area contributed by atoms with E-state index in [1.54, 1.807) is 11.3 Å². The maximum atomic E-state index is 12.7. The minimum atomic E-state index is 0.154. The van der Waals surface area contributed by atoms with Crippen molar-refractivity contribution in [3.63, 3.8) is 0 Å². The topological polar surface area (TPSA) is 20.3 Å². The van der Waals surface area contributed by atoms with Crippen LogP contribution < -0.4 is 4.90 Å². The Balaban J connectivity index is 2.00. The van der Waals surface area contributed by atoms with Crippen LogP contribution in [0.4, 0.5) is 5.00 Å². The summed E-state index contributed by atoms with van der Waals surface area (Å²) in [6.45, 7) is 4.19. The van der Waals surface area contributed by atoms with Crippen molar-refractivity contribution in [1.82, 2.24) is 0 Å². The number of aryl methyl sites for hydroxylation is 1. The number of carbonyl (C=O) groups is 1. The zero-order valence-electron chi connectivity index (χ0n) is 11.1. The second-order valence-corrected chi connectivity index (χ2v) is 5.85. The molecular formula is C16H17NOS. The largest absolute Gasteiger partial charge is 0.363 e. The normalized spacial score (nSPS) is 14.9. The molecule has 1 aliphatic heterocycles. The van der Waals surface area contributed by atoms with Crippen molar-refractivity contribution >= 4 is 22.1 Å². The Morgan fingerprint density at radius 2 is 1.84 bits per heavy atom. The third kappa shape index (κ3) is 2.30. The molecule has 0 N–H and O–H groups in total. The van der Waals surface area contributed by atoms with Gasteiger partial charge in [0, 0.05) is 18.7 Å². The molecule has 0 unspecified atom stereocenters. The van der Waals surface area contributed by atoms with Gasteiger partial charge in [0.2, 0.25) is 0 Å². The second-order valence-electron chi connectivity index (χ2n) is 4.99. The van der Waals surface area contributed by atoms with E-state index in [-0.39, 0.29) is 5.78 Å². The Kier molecular flexibility index (Phi) is 3.38. The van der Waals surface area contributed by atoms with Crippen molar-refractivity contribution < 1.29 is 4.79 Å². The summed E-state index contributed by atoms with van der Waals surface area (Å²) in [5.74, 6) is 0.154. The van der Waals surface area contributed by atoms with E-state index >= 15 is 0 Å². The number of hydrogen-bond acceptors (Lipinski definition) is 3. The van der Waals surface area contributed by atoms with Gasteiger partial charge in [0.15, 0.2) is 5.78 Å². The zero-order valence-corrected chi connectivity index (χ0v) is 11.9. The van der Waals surface area contributed by atoms with Gasteiger partial charge in [-0.05, 0) is 30.7 Å². The molecule has 1 fully saturated rings. The van der Waals surface area contributed by atoms with Crippen LogP contribution in [0.5, 0.6) is 0 Å². The third-order valence-electron chi connectivity index (χ3n) is 3.61. The number of carbonyl (C=O) groups excluding carboxylic acids is 1. The van der Waals surface area contributed by atoms with Gasteiger partial charge >= 0.3 is 0 Å². The number of benzene rings is 1. The van der Waals surface area contributed by atoms with E-state index in [1.807, 2.05) is 37.3 Å². The zero-order chi connectivity index (χ0) is 13.2. The summed E-state index contributed by atoms with van der Waals surface area (Å²) >= 11 is 1.70. The summed E-state index contributed by atoms with van der Waals surface area (Å²) in [6, 6.07) is 9.58. The molecule has 0 radical (unpaired) electrons. The summed E-state index contributed by atoms with van der Waals surface area (Å²) in [6.07, 6.45) is 2.46. The van der Waals surface area contributed by atoms with Crippen molar-refractivity contribution in [3.05, 3.63) is 52.4 Å². The fourth-order valence-corrected chi connectivity index (χ4v) is 3.70. The molecule has 2 heterocycles. The number of hydrogen-bond donors (Lipinski definition) is 0. The molecule has 2 nitrogen and oxygen atoms in total. The first-order chi connectivity index (χ1) is 9.27. The van der Waals surface area contributed by atoms with Crippen molar-refractivity contribution in [2.45, 2.75) is 19.8 Å². The maximum Gasteiger partial charge on any atom is 0.196 e. The van der Waals surface area contributed by atoms with E-state index in [0.717, 1.165) is 34.8 Å². The van der Waals surface area contributed by atoms with E-state index in [0.29, 0.717) is 0 Å². The Bertz CT molecular complexity index is 582. The molecule has 3 rings (SSSR count). The predicted octanol–water partition coefficient (Wildman–Crippen LogP) is 3.89. The quantitative estimate of drug-likeness (QED) is 0.789. The lowest BCUT2D eigenvalue weighted by molar-refractivity contribution is 0.103. The average molecular weight is 271 g/mol. The average Bonchev–Trinajstić information content (AvgIpc) is 3.08. The van der Waals surface area contributed by atoms with Crippen LogP contribution in [0.3, 0.4) is 0 Å². The van der Waals surface area contributed by atoms with Crippen molar-refractivity contribution in [3.8, 4) is 0 Å². The minimum absolute atomic E-state index is 0.154. The molecule has 1 aliphatic rings. The van der Waals surface area contributed by atoms with Gasteiger partial charge < -0.3 is 4.90 Å². The van der Waals surface area contributed by atoms with Gasteiger partial charge in [-0.3, -0.25) is 4.79 Å². The lowest BCUT2D eigenvalue weighted by Gasteiger charge is -2.17. The second kappa shape index (κ2) is 5.17. The van der Waals surface area contributed by atoms with E-state index in [2.05, 4.69) is 10.3 Å². The fraction of sp³-hybridized carbons (Fsp3) is 0.312. The van der Waals surface area contributed by atoms with Gasteiger partial charge in [-0.15, -0.1) is 11.3 Å². The molecule has 1 aromatic carbocycles. The standard InChI is InChI=1S/C16H17NOS/c1-12-11-19-16(17-9-5-6-10-17)14(12)15(18)13-7-3-2-4-8-13/h2-4,7-8,11H,5-6,9-10H2,1H3. The highest BCUT2D eigenvalue weighted by molar-refractivity contribution is 7.14. The van der Waals surface area contributed by atoms with Crippen molar-refractivity contribution in [2.75, 3.05) is 18.0 Å². The van der Waals surface area contributed by atoms with E-state index < -0.39 is 0 Å². The van der Waals surface area contributed by atoms with Crippen LogP contribution in [0.15, 0.2) is 35.7 Å². The first kappa shape index (κ1) is 12.4. The Labute approximate surface area is 117 Å². The van der Waals surface area contributed by atoms with Gasteiger partial charge in [-0.1, -0.05) is 30.3 Å². The number of ketones is 1. The smallest absolute Gasteiger partial charge is 0.196 e. The molecule has 1 aromatic heterocycles. The molecule has 0 atom stereocenters. The molecule has 0 spiro atoms. The lowest BCUT2D eigenvalue weighted by Crippen LogP contribution is -2.19. The number of thiophene rings is 1. The molecule has 0 aliphatic carbocycles. The predicted molar refractivity (Wildman–Crippen MR) is 80.4 cm³/mol. The third-order valence-corrected chi connectivity index (χ3v) is 4.77. The number of rotatable bonds is 3. The van der Waals surface area contributed by atoms with Gasteiger partial charge in [0.1, 0.15) is 5.00 Å². The van der Waals surface area contributed by atoms with Gasteiger partial charge in [0.25, 0.3) is 0 Å². The Morgan fingerprint density at radius 3 is 2.53 bits per heavy atom.